The van der Waals surface area contributed by atoms with E-state index in [-0.39, 0.29) is 35.8 Å². The molecule has 8 heteroatoms. The van der Waals surface area contributed by atoms with Crippen molar-refractivity contribution in [3.8, 4) is 0 Å². The number of sulfonamides is 1. The molecule has 1 aromatic heterocycles. The van der Waals surface area contributed by atoms with Gasteiger partial charge in [-0.15, -0.1) is 24.8 Å². The number of fused-ring (bicyclic) bond motifs is 1. The van der Waals surface area contributed by atoms with Crippen molar-refractivity contribution in [2.75, 3.05) is 13.1 Å². The molecule has 0 saturated carbocycles. The molecular weight excluding hydrogens is 429 g/mol. The first kappa shape index (κ1) is 25.3. The van der Waals surface area contributed by atoms with Gasteiger partial charge in [0.1, 0.15) is 0 Å². The van der Waals surface area contributed by atoms with Crippen molar-refractivity contribution >= 4 is 45.6 Å². The van der Waals surface area contributed by atoms with Gasteiger partial charge in [-0.05, 0) is 42.0 Å². The molecule has 0 spiro atoms. The second kappa shape index (κ2) is 11.5. The average Bonchev–Trinajstić information content (AvgIpc) is 2.67. The molecule has 0 unspecified atom stereocenters. The molecule has 0 bridgehead atoms. The highest BCUT2D eigenvalue weighted by molar-refractivity contribution is 7.89. The summed E-state index contributed by atoms with van der Waals surface area (Å²) in [5.74, 6) is 0.365. The van der Waals surface area contributed by atoms with Gasteiger partial charge in [-0.25, -0.2) is 13.1 Å². The van der Waals surface area contributed by atoms with E-state index in [9.17, 15) is 8.42 Å². The lowest BCUT2D eigenvalue weighted by Crippen LogP contribution is -2.40. The molecule has 29 heavy (non-hydrogen) atoms. The highest BCUT2D eigenvalue weighted by Crippen LogP contribution is 2.18. The summed E-state index contributed by atoms with van der Waals surface area (Å²) in [5, 5.41) is 5.13. The predicted octanol–water partition coefficient (Wildman–Crippen LogP) is 4.14. The standard InChI is InChI=1S/C21H25N3O2S.2ClH/c1-16(18-6-4-3-5-7-18)13-23-14-17(2)24-27(25,26)21-9-8-20-15-22-11-10-19(20)12-21;;/h3-12,15-17,23-24H,13-14H2,1-2H3;2*1H/t16-,17-;;/m1../s1. The van der Waals surface area contributed by atoms with Crippen molar-refractivity contribution in [2.45, 2.75) is 30.7 Å². The van der Waals surface area contributed by atoms with E-state index in [2.05, 4.69) is 34.1 Å². The van der Waals surface area contributed by atoms with Crippen LogP contribution in [0.1, 0.15) is 25.3 Å². The third-order valence-electron chi connectivity index (χ3n) is 4.55. The molecule has 2 N–H and O–H groups in total. The van der Waals surface area contributed by atoms with Gasteiger partial charge in [-0.3, -0.25) is 4.98 Å². The number of hydrogen-bond acceptors (Lipinski definition) is 4. The van der Waals surface area contributed by atoms with Crippen LogP contribution in [0, 0.1) is 0 Å². The Balaban J connectivity index is 0.00000210. The molecule has 5 nitrogen and oxygen atoms in total. The van der Waals surface area contributed by atoms with Crippen LogP contribution < -0.4 is 10.0 Å². The Kier molecular flexibility index (Phi) is 10.0. The van der Waals surface area contributed by atoms with E-state index in [4.69, 9.17) is 0 Å². The third-order valence-corrected chi connectivity index (χ3v) is 6.14. The fourth-order valence-electron chi connectivity index (χ4n) is 3.02. The van der Waals surface area contributed by atoms with Crippen LogP contribution in [0.15, 0.2) is 71.9 Å². The number of pyridine rings is 1. The molecule has 3 aromatic rings. The van der Waals surface area contributed by atoms with E-state index in [0.29, 0.717) is 12.5 Å². The van der Waals surface area contributed by atoms with Crippen molar-refractivity contribution in [2.24, 2.45) is 0 Å². The van der Waals surface area contributed by atoms with Crippen LogP contribution in [-0.2, 0) is 10.0 Å². The highest BCUT2D eigenvalue weighted by Gasteiger charge is 2.18. The maximum absolute atomic E-state index is 12.7. The topological polar surface area (TPSA) is 71.1 Å². The van der Waals surface area contributed by atoms with Crippen LogP contribution in [0.4, 0.5) is 0 Å². The second-order valence-electron chi connectivity index (χ2n) is 6.88. The minimum absolute atomic E-state index is 0. The molecule has 0 radical (unpaired) electrons. The molecule has 1 heterocycles. The predicted molar refractivity (Wildman–Crippen MR) is 124 cm³/mol. The number of aromatic nitrogens is 1. The normalized spacial score (nSPS) is 13.2. The van der Waals surface area contributed by atoms with Gasteiger partial charge in [0.05, 0.1) is 4.90 Å². The molecule has 0 aliphatic heterocycles. The van der Waals surface area contributed by atoms with E-state index in [1.54, 1.807) is 30.6 Å². The molecule has 3 rings (SSSR count). The number of nitrogens with zero attached hydrogens (tertiary/aromatic N) is 1. The maximum Gasteiger partial charge on any atom is 0.240 e. The quantitative estimate of drug-likeness (QED) is 0.535. The number of rotatable bonds is 8. The summed E-state index contributed by atoms with van der Waals surface area (Å²) in [6, 6.07) is 16.9. The van der Waals surface area contributed by atoms with Crippen LogP contribution in [-0.4, -0.2) is 32.5 Å². The molecule has 0 aliphatic carbocycles. The zero-order chi connectivity index (χ0) is 19.3. The van der Waals surface area contributed by atoms with Gasteiger partial charge >= 0.3 is 0 Å². The van der Waals surface area contributed by atoms with Gasteiger partial charge < -0.3 is 5.32 Å². The summed E-state index contributed by atoms with van der Waals surface area (Å²) in [6.45, 7) is 5.37. The van der Waals surface area contributed by atoms with Gasteiger partial charge in [0.2, 0.25) is 10.0 Å². The SMILES string of the molecule is C[C@H](CNC[C@@H](C)c1ccccc1)NS(=O)(=O)c1ccc2cnccc2c1.Cl.Cl. The van der Waals surface area contributed by atoms with Crippen molar-refractivity contribution in [3.05, 3.63) is 72.6 Å². The first-order valence-electron chi connectivity index (χ1n) is 9.07. The summed E-state index contributed by atoms with van der Waals surface area (Å²) in [6.07, 6.45) is 3.38. The van der Waals surface area contributed by atoms with Crippen LogP contribution in [0.3, 0.4) is 0 Å². The Morgan fingerprint density at radius 1 is 0.931 bits per heavy atom. The lowest BCUT2D eigenvalue weighted by atomic mass is 10.0. The van der Waals surface area contributed by atoms with Crippen LogP contribution in [0.5, 0.6) is 0 Å². The Morgan fingerprint density at radius 3 is 2.38 bits per heavy atom. The van der Waals surface area contributed by atoms with Crippen molar-refractivity contribution in [3.63, 3.8) is 0 Å². The van der Waals surface area contributed by atoms with Gasteiger partial charge in [0, 0.05) is 36.9 Å². The number of benzene rings is 2. The van der Waals surface area contributed by atoms with E-state index < -0.39 is 10.0 Å². The lowest BCUT2D eigenvalue weighted by Gasteiger charge is -2.18. The van der Waals surface area contributed by atoms with Crippen molar-refractivity contribution < 1.29 is 8.42 Å². The summed E-state index contributed by atoms with van der Waals surface area (Å²) in [7, 11) is -3.56. The van der Waals surface area contributed by atoms with Gasteiger partial charge in [-0.2, -0.15) is 0 Å². The Hall–Kier alpha value is -1.70. The molecule has 158 valence electrons. The summed E-state index contributed by atoms with van der Waals surface area (Å²) in [5.41, 5.74) is 1.27. The third kappa shape index (κ3) is 6.94. The van der Waals surface area contributed by atoms with Gasteiger partial charge in [-0.1, -0.05) is 43.3 Å². The average molecular weight is 456 g/mol. The van der Waals surface area contributed by atoms with Gasteiger partial charge in [0.25, 0.3) is 0 Å². The zero-order valence-electron chi connectivity index (χ0n) is 16.4. The highest BCUT2D eigenvalue weighted by atomic mass is 35.5. The largest absolute Gasteiger partial charge is 0.315 e. The second-order valence-corrected chi connectivity index (χ2v) is 8.59. The van der Waals surface area contributed by atoms with Crippen LogP contribution >= 0.6 is 24.8 Å². The first-order chi connectivity index (χ1) is 13.0. The molecule has 0 aliphatic rings. The van der Waals surface area contributed by atoms with Crippen molar-refractivity contribution in [1.82, 2.24) is 15.0 Å². The summed E-state index contributed by atoms with van der Waals surface area (Å²) in [4.78, 5) is 4.32. The van der Waals surface area contributed by atoms with Gasteiger partial charge in [0.15, 0.2) is 0 Å². The Labute approximate surface area is 185 Å². The fourth-order valence-corrected chi connectivity index (χ4v) is 4.30. The first-order valence-corrected chi connectivity index (χ1v) is 10.6. The Bertz CT molecular complexity index is 1000. The van der Waals surface area contributed by atoms with E-state index >= 15 is 0 Å². The molecule has 0 fully saturated rings. The molecular formula is C21H27Cl2N3O2S. The monoisotopic (exact) mass is 455 g/mol. The molecule has 2 atom stereocenters. The summed E-state index contributed by atoms with van der Waals surface area (Å²) >= 11 is 0. The molecule has 2 aromatic carbocycles. The minimum Gasteiger partial charge on any atom is -0.315 e. The number of nitrogens with one attached hydrogen (secondary N) is 2. The van der Waals surface area contributed by atoms with E-state index in [0.717, 1.165) is 17.3 Å². The molecule has 0 amide bonds. The maximum atomic E-state index is 12.7. The van der Waals surface area contributed by atoms with E-state index in [1.807, 2.05) is 31.2 Å². The number of halogens is 2. The van der Waals surface area contributed by atoms with E-state index in [1.165, 1.54) is 5.56 Å². The Morgan fingerprint density at radius 2 is 1.66 bits per heavy atom. The van der Waals surface area contributed by atoms with Crippen molar-refractivity contribution in [1.29, 1.82) is 0 Å². The smallest absolute Gasteiger partial charge is 0.240 e. The lowest BCUT2D eigenvalue weighted by molar-refractivity contribution is 0.525. The number of hydrogen-bond donors (Lipinski definition) is 2. The zero-order valence-corrected chi connectivity index (χ0v) is 18.9. The minimum atomic E-state index is -3.56. The fraction of sp³-hybridized carbons (Fsp3) is 0.286. The van der Waals surface area contributed by atoms with Crippen LogP contribution in [0.2, 0.25) is 0 Å². The molecule has 0 saturated heterocycles. The van der Waals surface area contributed by atoms with Crippen LogP contribution in [0.25, 0.3) is 10.8 Å². The summed E-state index contributed by atoms with van der Waals surface area (Å²) < 4.78 is 28.0.